The van der Waals surface area contributed by atoms with E-state index in [0.29, 0.717) is 0 Å². The first-order chi connectivity index (χ1) is 14.8. The van der Waals surface area contributed by atoms with Crippen molar-refractivity contribution in [2.45, 2.75) is 18.4 Å². The van der Waals surface area contributed by atoms with Crippen LogP contribution in [0.4, 0.5) is 11.4 Å². The summed E-state index contributed by atoms with van der Waals surface area (Å²) in [5, 5.41) is 14.1. The number of anilines is 1. The number of sulfonamides is 1. The van der Waals surface area contributed by atoms with E-state index in [1.54, 1.807) is 18.2 Å². The van der Waals surface area contributed by atoms with Gasteiger partial charge in [-0.1, -0.05) is 60.2 Å². The topological polar surface area (TPSA) is 110 Å². The summed E-state index contributed by atoms with van der Waals surface area (Å²) in [6.07, 6.45) is 0. The molecule has 0 heterocycles. The van der Waals surface area contributed by atoms with Gasteiger partial charge in [0.05, 0.1) is 10.6 Å². The maximum atomic E-state index is 13.3. The van der Waals surface area contributed by atoms with Crippen molar-refractivity contribution in [1.29, 1.82) is 0 Å². The van der Waals surface area contributed by atoms with E-state index in [1.807, 2.05) is 31.2 Å². The summed E-state index contributed by atoms with van der Waals surface area (Å²) < 4.78 is 27.6. The first-order valence-electron chi connectivity index (χ1n) is 9.42. The highest BCUT2D eigenvalue weighted by atomic mass is 32.2. The van der Waals surface area contributed by atoms with Gasteiger partial charge >= 0.3 is 0 Å². The predicted octanol–water partition coefficient (Wildman–Crippen LogP) is 3.41. The zero-order valence-corrected chi connectivity index (χ0v) is 17.6. The second kappa shape index (κ2) is 9.40. The van der Waals surface area contributed by atoms with Gasteiger partial charge in [0, 0.05) is 12.6 Å². The molecule has 0 aliphatic rings. The molecular weight excluding hydrogens is 418 g/mol. The Morgan fingerprint density at radius 1 is 0.968 bits per heavy atom. The Hall–Kier alpha value is -3.72. The number of hydrogen-bond acceptors (Lipinski definition) is 5. The van der Waals surface area contributed by atoms with Gasteiger partial charge in [-0.25, -0.2) is 8.42 Å². The average Bonchev–Trinajstić information content (AvgIpc) is 2.77. The lowest BCUT2D eigenvalue weighted by molar-refractivity contribution is -0.387. The molecule has 0 radical (unpaired) electrons. The summed E-state index contributed by atoms with van der Waals surface area (Å²) in [6.45, 7) is 1.66. The minimum Gasteiger partial charge on any atom is -0.350 e. The quantitative estimate of drug-likeness (QED) is 0.427. The van der Waals surface area contributed by atoms with E-state index in [-0.39, 0.29) is 12.2 Å². The molecule has 0 atom stereocenters. The first-order valence-corrected chi connectivity index (χ1v) is 10.9. The van der Waals surface area contributed by atoms with Crippen LogP contribution in [0.2, 0.25) is 0 Å². The van der Waals surface area contributed by atoms with Gasteiger partial charge in [-0.05, 0) is 30.7 Å². The monoisotopic (exact) mass is 439 g/mol. The maximum Gasteiger partial charge on any atom is 0.289 e. The van der Waals surface area contributed by atoms with Gasteiger partial charge in [0.25, 0.3) is 15.7 Å². The molecule has 0 aliphatic heterocycles. The number of rotatable bonds is 8. The minimum atomic E-state index is -4.38. The van der Waals surface area contributed by atoms with Crippen molar-refractivity contribution in [1.82, 2.24) is 5.32 Å². The highest BCUT2D eigenvalue weighted by Gasteiger charge is 2.32. The summed E-state index contributed by atoms with van der Waals surface area (Å²) in [5.41, 5.74) is 1.63. The second-order valence-electron chi connectivity index (χ2n) is 6.83. The molecule has 0 aliphatic carbocycles. The Bertz CT molecular complexity index is 1180. The smallest absolute Gasteiger partial charge is 0.289 e. The molecule has 0 spiro atoms. The number of para-hydroxylation sites is 2. The summed E-state index contributed by atoms with van der Waals surface area (Å²) in [5.74, 6) is -0.536. The van der Waals surface area contributed by atoms with Crippen molar-refractivity contribution in [3.63, 3.8) is 0 Å². The van der Waals surface area contributed by atoms with E-state index in [0.717, 1.165) is 27.6 Å². The van der Waals surface area contributed by atoms with Crippen LogP contribution in [-0.4, -0.2) is 25.8 Å². The van der Waals surface area contributed by atoms with Gasteiger partial charge < -0.3 is 5.32 Å². The Balaban J connectivity index is 1.89. The molecule has 31 heavy (non-hydrogen) atoms. The lowest BCUT2D eigenvalue weighted by atomic mass is 10.1. The third-order valence-electron chi connectivity index (χ3n) is 4.57. The highest BCUT2D eigenvalue weighted by Crippen LogP contribution is 2.29. The molecular formula is C22H21N3O5S. The number of carbonyl (C=O) groups is 1. The zero-order valence-electron chi connectivity index (χ0n) is 16.8. The molecule has 0 fully saturated rings. The molecule has 0 bridgehead atoms. The zero-order chi connectivity index (χ0) is 22.4. The van der Waals surface area contributed by atoms with Crippen LogP contribution in [0.3, 0.4) is 0 Å². The van der Waals surface area contributed by atoms with Crippen LogP contribution in [0, 0.1) is 17.0 Å². The third-order valence-corrected chi connectivity index (χ3v) is 6.39. The van der Waals surface area contributed by atoms with Gasteiger partial charge in [-0.3, -0.25) is 19.2 Å². The molecule has 3 aromatic carbocycles. The number of nitrogens with zero attached hydrogens (tertiary/aromatic N) is 2. The number of nitrogens with one attached hydrogen (secondary N) is 1. The molecule has 9 heteroatoms. The van der Waals surface area contributed by atoms with Crippen molar-refractivity contribution in [3.05, 3.63) is 100 Å². The Labute approximate surface area is 180 Å². The third kappa shape index (κ3) is 5.26. The standard InChI is InChI=1S/C22H21N3O5S/c1-17-11-13-18(14-12-17)15-23-22(26)16-24(19-7-3-2-4-8-19)31(29,30)21-10-6-5-9-20(21)25(27)28/h2-14H,15-16H2,1H3,(H,23,26). The lowest BCUT2D eigenvalue weighted by Gasteiger charge is -2.24. The van der Waals surface area contributed by atoms with Gasteiger partial charge in [-0.15, -0.1) is 0 Å². The Morgan fingerprint density at radius 3 is 2.23 bits per heavy atom. The van der Waals surface area contributed by atoms with Crippen LogP contribution in [-0.2, 0) is 21.4 Å². The van der Waals surface area contributed by atoms with Crippen molar-refractivity contribution in [3.8, 4) is 0 Å². The predicted molar refractivity (Wildman–Crippen MR) is 117 cm³/mol. The molecule has 0 saturated carbocycles. The molecule has 3 rings (SSSR count). The fraction of sp³-hybridized carbons (Fsp3) is 0.136. The number of nitro benzene ring substituents is 1. The van der Waals surface area contributed by atoms with Gasteiger partial charge in [0.2, 0.25) is 5.91 Å². The molecule has 0 saturated heterocycles. The summed E-state index contributed by atoms with van der Waals surface area (Å²) in [7, 11) is -4.38. The number of nitro groups is 1. The molecule has 0 unspecified atom stereocenters. The van der Waals surface area contributed by atoms with Crippen LogP contribution in [0.25, 0.3) is 0 Å². The lowest BCUT2D eigenvalue weighted by Crippen LogP contribution is -2.40. The fourth-order valence-corrected chi connectivity index (χ4v) is 4.53. The van der Waals surface area contributed by atoms with Crippen LogP contribution in [0.5, 0.6) is 0 Å². The van der Waals surface area contributed by atoms with E-state index < -0.39 is 38.0 Å². The molecule has 8 nitrogen and oxygen atoms in total. The molecule has 160 valence electrons. The summed E-state index contributed by atoms with van der Waals surface area (Å²) in [6, 6.07) is 20.6. The van der Waals surface area contributed by atoms with Crippen molar-refractivity contribution in [2.75, 3.05) is 10.8 Å². The Kier molecular flexibility index (Phi) is 6.66. The fourth-order valence-electron chi connectivity index (χ4n) is 2.95. The number of benzene rings is 3. The van der Waals surface area contributed by atoms with E-state index in [4.69, 9.17) is 0 Å². The van der Waals surface area contributed by atoms with E-state index in [2.05, 4.69) is 5.32 Å². The van der Waals surface area contributed by atoms with Crippen LogP contribution in [0.15, 0.2) is 83.8 Å². The molecule has 1 N–H and O–H groups in total. The maximum absolute atomic E-state index is 13.3. The molecule has 0 aromatic heterocycles. The summed E-state index contributed by atoms with van der Waals surface area (Å²) >= 11 is 0. The van der Waals surface area contributed by atoms with Crippen molar-refractivity contribution < 1.29 is 18.1 Å². The normalized spacial score (nSPS) is 11.0. The van der Waals surface area contributed by atoms with Gasteiger partial charge in [0.15, 0.2) is 4.90 Å². The largest absolute Gasteiger partial charge is 0.350 e. The second-order valence-corrected chi connectivity index (χ2v) is 8.67. The van der Waals surface area contributed by atoms with E-state index >= 15 is 0 Å². The SMILES string of the molecule is Cc1ccc(CNC(=O)CN(c2ccccc2)S(=O)(=O)c2ccccc2[N+](=O)[O-])cc1. The number of amides is 1. The van der Waals surface area contributed by atoms with Crippen molar-refractivity contribution in [2.24, 2.45) is 0 Å². The summed E-state index contributed by atoms with van der Waals surface area (Å²) in [4.78, 5) is 22.8. The van der Waals surface area contributed by atoms with Crippen LogP contribution < -0.4 is 9.62 Å². The van der Waals surface area contributed by atoms with Gasteiger partial charge in [0.1, 0.15) is 6.54 Å². The minimum absolute atomic E-state index is 0.228. The first kappa shape index (κ1) is 22.0. The average molecular weight is 439 g/mol. The molecule has 3 aromatic rings. The number of hydrogen-bond donors (Lipinski definition) is 1. The van der Waals surface area contributed by atoms with Gasteiger partial charge in [-0.2, -0.15) is 0 Å². The van der Waals surface area contributed by atoms with Crippen LogP contribution >= 0.6 is 0 Å². The van der Waals surface area contributed by atoms with Crippen LogP contribution in [0.1, 0.15) is 11.1 Å². The molecule has 1 amide bonds. The van der Waals surface area contributed by atoms with E-state index in [9.17, 15) is 23.3 Å². The highest BCUT2D eigenvalue weighted by molar-refractivity contribution is 7.93. The van der Waals surface area contributed by atoms with Crippen molar-refractivity contribution >= 4 is 27.3 Å². The number of carbonyl (C=O) groups excluding carboxylic acids is 1. The number of aryl methyl sites for hydroxylation is 1. The Morgan fingerprint density at radius 2 is 1.58 bits per heavy atom. The van der Waals surface area contributed by atoms with E-state index in [1.165, 1.54) is 24.3 Å².